The van der Waals surface area contributed by atoms with Crippen LogP contribution in [0.5, 0.6) is 11.5 Å². The second-order valence-electron chi connectivity index (χ2n) is 6.91. The van der Waals surface area contributed by atoms with E-state index in [9.17, 15) is 8.42 Å². The molecule has 146 valence electrons. The average molecular weight is 418 g/mol. The van der Waals surface area contributed by atoms with E-state index in [1.807, 2.05) is 22.2 Å². The number of benzene rings is 1. The first-order chi connectivity index (χ1) is 13.6. The molecule has 1 aliphatic heterocycles. The molecular weight excluding hydrogens is 398 g/mol. The van der Waals surface area contributed by atoms with E-state index in [-0.39, 0.29) is 17.7 Å². The highest BCUT2D eigenvalue weighted by Crippen LogP contribution is 2.37. The van der Waals surface area contributed by atoms with Crippen molar-refractivity contribution >= 4 is 27.0 Å². The minimum Gasteiger partial charge on any atom is -0.454 e. The number of rotatable bonds is 5. The molecule has 0 unspecified atom stereocenters. The Balaban J connectivity index is 1.53. The molecule has 0 radical (unpaired) electrons. The molecule has 0 saturated heterocycles. The molecule has 2 aromatic heterocycles. The van der Waals surface area contributed by atoms with E-state index in [1.54, 1.807) is 24.4 Å². The highest BCUT2D eigenvalue weighted by atomic mass is 32.2. The quantitative estimate of drug-likeness (QED) is 0.671. The summed E-state index contributed by atoms with van der Waals surface area (Å²) in [5.74, 6) is 1.14. The van der Waals surface area contributed by atoms with E-state index in [2.05, 4.69) is 9.82 Å². The van der Waals surface area contributed by atoms with Crippen LogP contribution < -0.4 is 14.2 Å². The van der Waals surface area contributed by atoms with Gasteiger partial charge in [-0.05, 0) is 36.4 Å². The third-order valence-electron chi connectivity index (χ3n) is 5.07. The zero-order chi connectivity index (χ0) is 19.1. The van der Waals surface area contributed by atoms with Crippen LogP contribution >= 0.6 is 11.3 Å². The van der Waals surface area contributed by atoms with Gasteiger partial charge in [-0.15, -0.1) is 11.3 Å². The number of ether oxygens (including phenoxy) is 2. The third kappa shape index (κ3) is 3.14. The molecule has 0 spiro atoms. The summed E-state index contributed by atoms with van der Waals surface area (Å²) >= 11 is 1.48. The van der Waals surface area contributed by atoms with Gasteiger partial charge in [0, 0.05) is 12.3 Å². The van der Waals surface area contributed by atoms with Gasteiger partial charge in [-0.25, -0.2) is 8.42 Å². The Bertz CT molecular complexity index is 1100. The molecule has 2 aliphatic rings. The number of aromatic nitrogens is 2. The first kappa shape index (κ1) is 17.6. The number of nitrogens with one attached hydrogen (secondary N) is 1. The van der Waals surface area contributed by atoms with Gasteiger partial charge in [0.2, 0.25) is 6.79 Å². The monoisotopic (exact) mass is 417 g/mol. The van der Waals surface area contributed by atoms with Crippen molar-refractivity contribution in [3.8, 4) is 22.1 Å². The Labute approximate surface area is 167 Å². The SMILES string of the molecule is O=S(=O)(Nc1ccc2c(c1)OCO2)c1cn(C2CCCC2)nc1-c1cccs1. The minimum atomic E-state index is -3.82. The summed E-state index contributed by atoms with van der Waals surface area (Å²) in [4.78, 5) is 1.03. The van der Waals surface area contributed by atoms with Gasteiger partial charge in [-0.1, -0.05) is 18.9 Å². The van der Waals surface area contributed by atoms with Crippen LogP contribution in [0.25, 0.3) is 10.6 Å². The van der Waals surface area contributed by atoms with E-state index in [4.69, 9.17) is 9.47 Å². The van der Waals surface area contributed by atoms with Gasteiger partial charge < -0.3 is 9.47 Å². The summed E-state index contributed by atoms with van der Waals surface area (Å²) in [7, 11) is -3.82. The largest absolute Gasteiger partial charge is 0.454 e. The smallest absolute Gasteiger partial charge is 0.265 e. The molecule has 9 heteroatoms. The van der Waals surface area contributed by atoms with Crippen LogP contribution in [0.15, 0.2) is 46.8 Å². The van der Waals surface area contributed by atoms with Gasteiger partial charge in [-0.2, -0.15) is 5.10 Å². The molecule has 1 N–H and O–H groups in total. The Morgan fingerprint density at radius 2 is 1.96 bits per heavy atom. The number of hydrogen-bond acceptors (Lipinski definition) is 6. The highest BCUT2D eigenvalue weighted by molar-refractivity contribution is 7.92. The number of hydrogen-bond donors (Lipinski definition) is 1. The Kier molecular flexibility index (Phi) is 4.28. The number of thiophene rings is 1. The van der Waals surface area contributed by atoms with Gasteiger partial charge in [0.25, 0.3) is 10.0 Å². The van der Waals surface area contributed by atoms with Gasteiger partial charge >= 0.3 is 0 Å². The number of fused-ring (bicyclic) bond motifs is 1. The zero-order valence-corrected chi connectivity index (χ0v) is 16.6. The first-order valence-electron chi connectivity index (χ1n) is 9.16. The van der Waals surface area contributed by atoms with Crippen molar-refractivity contribution in [2.45, 2.75) is 36.6 Å². The lowest BCUT2D eigenvalue weighted by atomic mass is 10.3. The van der Waals surface area contributed by atoms with Crippen molar-refractivity contribution in [3.63, 3.8) is 0 Å². The predicted octanol–water partition coefficient (Wildman–Crippen LogP) is 4.26. The predicted molar refractivity (Wildman–Crippen MR) is 106 cm³/mol. The number of anilines is 1. The number of sulfonamides is 1. The van der Waals surface area contributed by atoms with Crippen LogP contribution in [-0.4, -0.2) is 25.0 Å². The molecule has 5 rings (SSSR count). The zero-order valence-electron chi connectivity index (χ0n) is 15.0. The van der Waals surface area contributed by atoms with Gasteiger partial charge in [-0.3, -0.25) is 9.40 Å². The number of nitrogens with zero attached hydrogens (tertiary/aromatic N) is 2. The summed E-state index contributed by atoms with van der Waals surface area (Å²) in [6.07, 6.45) is 6.02. The Morgan fingerprint density at radius 3 is 2.75 bits per heavy atom. The van der Waals surface area contributed by atoms with Crippen molar-refractivity contribution in [1.82, 2.24) is 9.78 Å². The second-order valence-corrected chi connectivity index (χ2v) is 9.51. The molecule has 1 aromatic carbocycles. The summed E-state index contributed by atoms with van der Waals surface area (Å²) in [6.45, 7) is 0.141. The van der Waals surface area contributed by atoms with E-state index in [1.165, 1.54) is 11.3 Å². The Hall–Kier alpha value is -2.52. The van der Waals surface area contributed by atoms with Gasteiger partial charge in [0.05, 0.1) is 16.6 Å². The lowest BCUT2D eigenvalue weighted by Gasteiger charge is -2.09. The van der Waals surface area contributed by atoms with Gasteiger partial charge in [0.1, 0.15) is 10.6 Å². The van der Waals surface area contributed by atoms with Crippen LogP contribution in [-0.2, 0) is 10.0 Å². The first-order valence-corrected chi connectivity index (χ1v) is 11.5. The van der Waals surface area contributed by atoms with Crippen LogP contribution in [0.2, 0.25) is 0 Å². The fourth-order valence-electron chi connectivity index (χ4n) is 3.68. The lowest BCUT2D eigenvalue weighted by Crippen LogP contribution is -2.13. The normalized spacial score (nSPS) is 16.6. The summed E-state index contributed by atoms with van der Waals surface area (Å²) < 4.78 is 41.5. The molecule has 0 bridgehead atoms. The third-order valence-corrected chi connectivity index (χ3v) is 7.32. The van der Waals surface area contributed by atoms with Crippen molar-refractivity contribution in [1.29, 1.82) is 0 Å². The van der Waals surface area contributed by atoms with Crippen molar-refractivity contribution in [2.24, 2.45) is 0 Å². The van der Waals surface area contributed by atoms with Crippen LogP contribution in [0.4, 0.5) is 5.69 Å². The molecule has 0 amide bonds. The summed E-state index contributed by atoms with van der Waals surface area (Å²) in [5, 5.41) is 6.59. The molecule has 7 nitrogen and oxygen atoms in total. The maximum Gasteiger partial charge on any atom is 0.265 e. The molecule has 1 saturated carbocycles. The molecule has 0 atom stereocenters. The molecule has 1 fully saturated rings. The van der Waals surface area contributed by atoms with E-state index < -0.39 is 10.0 Å². The topological polar surface area (TPSA) is 82.5 Å². The fraction of sp³-hybridized carbons (Fsp3) is 0.316. The fourth-order valence-corrected chi connectivity index (χ4v) is 5.67. The highest BCUT2D eigenvalue weighted by Gasteiger charge is 2.28. The van der Waals surface area contributed by atoms with E-state index in [0.29, 0.717) is 22.9 Å². The minimum absolute atomic E-state index is 0.141. The molecule has 3 aromatic rings. The van der Waals surface area contributed by atoms with Crippen LogP contribution in [0.3, 0.4) is 0 Å². The van der Waals surface area contributed by atoms with Crippen molar-refractivity contribution < 1.29 is 17.9 Å². The van der Waals surface area contributed by atoms with Crippen molar-refractivity contribution in [2.75, 3.05) is 11.5 Å². The maximum atomic E-state index is 13.2. The second kappa shape index (κ2) is 6.82. The summed E-state index contributed by atoms with van der Waals surface area (Å²) in [5.41, 5.74) is 0.921. The molecule has 28 heavy (non-hydrogen) atoms. The summed E-state index contributed by atoms with van der Waals surface area (Å²) in [6, 6.07) is 9.04. The average Bonchev–Trinajstić information content (AvgIpc) is 3.48. The molecule has 1 aliphatic carbocycles. The maximum absolute atomic E-state index is 13.2. The van der Waals surface area contributed by atoms with Crippen LogP contribution in [0.1, 0.15) is 31.7 Å². The van der Waals surface area contributed by atoms with E-state index >= 15 is 0 Å². The molecular formula is C19H19N3O4S2. The van der Waals surface area contributed by atoms with Crippen LogP contribution in [0, 0.1) is 0 Å². The lowest BCUT2D eigenvalue weighted by molar-refractivity contribution is 0.174. The van der Waals surface area contributed by atoms with E-state index in [0.717, 1.165) is 30.6 Å². The van der Waals surface area contributed by atoms with Crippen molar-refractivity contribution in [3.05, 3.63) is 41.9 Å². The van der Waals surface area contributed by atoms with Gasteiger partial charge in [0.15, 0.2) is 11.5 Å². The Morgan fingerprint density at radius 1 is 1.14 bits per heavy atom. The molecule has 3 heterocycles. The standard InChI is InChI=1S/C19H19N3O4S2/c23-28(24,21-13-7-8-15-16(10-13)26-12-25-15)18-11-22(14-4-1-2-5-14)20-19(18)17-6-3-9-27-17/h3,6-11,14,21H,1-2,4-5,12H2.